The van der Waals surface area contributed by atoms with Crippen LogP contribution in [0.4, 0.5) is 0 Å². The molecule has 6 nitrogen and oxygen atoms in total. The van der Waals surface area contributed by atoms with Crippen molar-refractivity contribution >= 4 is 17.9 Å². The molecule has 0 heterocycles. The zero-order valence-corrected chi connectivity index (χ0v) is 38.6. The summed E-state index contributed by atoms with van der Waals surface area (Å²) in [7, 11) is 0. The lowest BCUT2D eigenvalue weighted by Crippen LogP contribution is -2.30. The summed E-state index contributed by atoms with van der Waals surface area (Å²) in [6, 6.07) is 0. The molecular formula is C52H94O6. The summed E-state index contributed by atoms with van der Waals surface area (Å²) >= 11 is 0. The third kappa shape index (κ3) is 44.7. The van der Waals surface area contributed by atoms with Gasteiger partial charge in [-0.1, -0.05) is 198 Å². The van der Waals surface area contributed by atoms with E-state index in [1.54, 1.807) is 0 Å². The van der Waals surface area contributed by atoms with Gasteiger partial charge in [0.15, 0.2) is 6.10 Å². The van der Waals surface area contributed by atoms with Crippen LogP contribution < -0.4 is 0 Å². The quantitative estimate of drug-likeness (QED) is 0.0264. The first-order chi connectivity index (χ1) is 28.5. The molecule has 0 fully saturated rings. The lowest BCUT2D eigenvalue weighted by atomic mass is 10.1. The zero-order chi connectivity index (χ0) is 42.3. The summed E-state index contributed by atoms with van der Waals surface area (Å²) in [5.41, 5.74) is 0. The van der Waals surface area contributed by atoms with Crippen LogP contribution in [-0.2, 0) is 28.6 Å². The van der Waals surface area contributed by atoms with Crippen molar-refractivity contribution in [1.29, 1.82) is 0 Å². The molecule has 0 aromatic heterocycles. The molecule has 0 radical (unpaired) electrons. The number of rotatable bonds is 45. The van der Waals surface area contributed by atoms with Crippen LogP contribution in [0.25, 0.3) is 0 Å². The Balaban J connectivity index is 4.27. The maximum atomic E-state index is 12.7. The third-order valence-corrected chi connectivity index (χ3v) is 10.9. The average Bonchev–Trinajstić information content (AvgIpc) is 3.22. The first-order valence-corrected chi connectivity index (χ1v) is 25.0. The molecule has 0 aliphatic carbocycles. The molecular weight excluding hydrogens is 721 g/mol. The molecule has 0 aliphatic heterocycles. The lowest BCUT2D eigenvalue weighted by molar-refractivity contribution is -0.167. The third-order valence-electron chi connectivity index (χ3n) is 10.9. The molecule has 1 unspecified atom stereocenters. The minimum absolute atomic E-state index is 0.0779. The number of ether oxygens (including phenoxy) is 3. The Morgan fingerprint density at radius 3 is 1.00 bits per heavy atom. The zero-order valence-electron chi connectivity index (χ0n) is 38.6. The summed E-state index contributed by atoms with van der Waals surface area (Å²) in [4.78, 5) is 37.7. The van der Waals surface area contributed by atoms with Crippen molar-refractivity contribution < 1.29 is 28.6 Å². The van der Waals surface area contributed by atoms with E-state index in [1.807, 2.05) is 0 Å². The Kier molecular flexibility index (Phi) is 45.4. The molecule has 0 amide bonds. The van der Waals surface area contributed by atoms with Gasteiger partial charge in [0, 0.05) is 19.3 Å². The van der Waals surface area contributed by atoms with Crippen LogP contribution in [0, 0.1) is 0 Å². The molecule has 58 heavy (non-hydrogen) atoms. The molecule has 0 saturated heterocycles. The van der Waals surface area contributed by atoms with Gasteiger partial charge in [-0.3, -0.25) is 14.4 Å². The van der Waals surface area contributed by atoms with Crippen molar-refractivity contribution in [2.45, 2.75) is 264 Å². The van der Waals surface area contributed by atoms with Crippen molar-refractivity contribution in [1.82, 2.24) is 0 Å². The molecule has 338 valence electrons. The Morgan fingerprint density at radius 2 is 0.621 bits per heavy atom. The molecule has 0 N–H and O–H groups in total. The molecule has 0 aromatic rings. The van der Waals surface area contributed by atoms with Crippen LogP contribution in [0.1, 0.15) is 258 Å². The maximum Gasteiger partial charge on any atom is 0.306 e. The average molecular weight is 815 g/mol. The highest BCUT2D eigenvalue weighted by Crippen LogP contribution is 2.14. The van der Waals surface area contributed by atoms with Crippen molar-refractivity contribution in [2.24, 2.45) is 0 Å². The van der Waals surface area contributed by atoms with E-state index in [9.17, 15) is 14.4 Å². The Hall–Kier alpha value is -2.37. The summed E-state index contributed by atoms with van der Waals surface area (Å²) in [5, 5.41) is 0. The van der Waals surface area contributed by atoms with E-state index < -0.39 is 6.10 Å². The van der Waals surface area contributed by atoms with E-state index in [4.69, 9.17) is 14.2 Å². The Morgan fingerprint density at radius 1 is 0.345 bits per heavy atom. The second kappa shape index (κ2) is 47.3. The highest BCUT2D eigenvalue weighted by Gasteiger charge is 2.19. The molecule has 0 spiro atoms. The van der Waals surface area contributed by atoms with Gasteiger partial charge >= 0.3 is 17.9 Å². The highest BCUT2D eigenvalue weighted by molar-refractivity contribution is 5.71. The lowest BCUT2D eigenvalue weighted by Gasteiger charge is -2.18. The minimum atomic E-state index is -0.775. The van der Waals surface area contributed by atoms with E-state index in [0.717, 1.165) is 83.5 Å². The highest BCUT2D eigenvalue weighted by atomic mass is 16.6. The second-order valence-corrected chi connectivity index (χ2v) is 16.7. The van der Waals surface area contributed by atoms with Gasteiger partial charge in [-0.05, 0) is 77.0 Å². The molecule has 0 saturated carbocycles. The predicted octanol–water partition coefficient (Wildman–Crippen LogP) is 16.1. The summed E-state index contributed by atoms with van der Waals surface area (Å²) < 4.78 is 16.7. The standard InChI is InChI=1S/C52H94O6/c1-4-7-10-13-16-18-20-22-24-25-26-28-29-31-33-36-39-42-45-51(54)57-48-49(47-56-50(53)44-41-38-35-15-12-9-6-3)58-52(55)46-43-40-37-34-32-30-27-23-21-19-17-14-11-8-5-2/h17,19,23-25,27,49H,4-16,18,20-22,26,28-48H2,1-3H3/b19-17-,25-24-,27-23-. The molecule has 6 heteroatoms. The second-order valence-electron chi connectivity index (χ2n) is 16.7. The fourth-order valence-corrected chi connectivity index (χ4v) is 7.05. The fourth-order valence-electron chi connectivity index (χ4n) is 7.05. The number of hydrogen-bond acceptors (Lipinski definition) is 6. The number of hydrogen-bond donors (Lipinski definition) is 0. The Labute approximate surface area is 359 Å². The van der Waals surface area contributed by atoms with Crippen molar-refractivity contribution in [3.63, 3.8) is 0 Å². The Bertz CT molecular complexity index is 984. The van der Waals surface area contributed by atoms with Crippen molar-refractivity contribution in [3.8, 4) is 0 Å². The largest absolute Gasteiger partial charge is 0.462 e. The van der Waals surface area contributed by atoms with Gasteiger partial charge in [0.1, 0.15) is 13.2 Å². The molecule has 0 aromatic carbocycles. The van der Waals surface area contributed by atoms with Crippen LogP contribution in [0.2, 0.25) is 0 Å². The van der Waals surface area contributed by atoms with E-state index in [-0.39, 0.29) is 31.1 Å². The summed E-state index contributed by atoms with van der Waals surface area (Å²) in [6.07, 6.45) is 54.2. The van der Waals surface area contributed by atoms with Crippen LogP contribution in [0.5, 0.6) is 0 Å². The van der Waals surface area contributed by atoms with Gasteiger partial charge in [-0.25, -0.2) is 0 Å². The fraction of sp³-hybridized carbons (Fsp3) is 0.827. The van der Waals surface area contributed by atoms with Gasteiger partial charge in [-0.15, -0.1) is 0 Å². The van der Waals surface area contributed by atoms with E-state index in [0.29, 0.717) is 19.3 Å². The van der Waals surface area contributed by atoms with Gasteiger partial charge in [0.2, 0.25) is 0 Å². The van der Waals surface area contributed by atoms with Crippen LogP contribution >= 0.6 is 0 Å². The topological polar surface area (TPSA) is 78.9 Å². The first-order valence-electron chi connectivity index (χ1n) is 25.0. The number of unbranched alkanes of at least 4 members (excludes halogenated alkanes) is 28. The van der Waals surface area contributed by atoms with Gasteiger partial charge < -0.3 is 14.2 Å². The first kappa shape index (κ1) is 55.6. The van der Waals surface area contributed by atoms with Crippen LogP contribution in [0.3, 0.4) is 0 Å². The van der Waals surface area contributed by atoms with E-state index >= 15 is 0 Å². The van der Waals surface area contributed by atoms with Crippen LogP contribution in [0.15, 0.2) is 36.5 Å². The van der Waals surface area contributed by atoms with Gasteiger partial charge in [0.25, 0.3) is 0 Å². The SMILES string of the molecule is CCCCC/C=C\C/C=C\CCCCCCCC(=O)OC(COC(=O)CCCCCCCCC)COC(=O)CCCCCCCCC/C=C\CCCCCCCCC. The molecule has 0 bridgehead atoms. The van der Waals surface area contributed by atoms with E-state index in [2.05, 4.69) is 57.2 Å². The van der Waals surface area contributed by atoms with Crippen molar-refractivity contribution in [2.75, 3.05) is 13.2 Å². The van der Waals surface area contributed by atoms with E-state index in [1.165, 1.54) is 135 Å². The molecule has 0 aliphatic rings. The van der Waals surface area contributed by atoms with Gasteiger partial charge in [0.05, 0.1) is 0 Å². The van der Waals surface area contributed by atoms with Crippen LogP contribution in [-0.4, -0.2) is 37.2 Å². The van der Waals surface area contributed by atoms with Crippen molar-refractivity contribution in [3.05, 3.63) is 36.5 Å². The maximum absolute atomic E-state index is 12.7. The molecule has 1 atom stereocenters. The predicted molar refractivity (Wildman–Crippen MR) is 247 cm³/mol. The number of esters is 3. The number of carbonyl (C=O) groups excluding carboxylic acids is 3. The summed E-state index contributed by atoms with van der Waals surface area (Å²) in [6.45, 7) is 6.56. The van der Waals surface area contributed by atoms with Gasteiger partial charge in [-0.2, -0.15) is 0 Å². The summed E-state index contributed by atoms with van der Waals surface area (Å²) in [5.74, 6) is -0.897. The minimum Gasteiger partial charge on any atom is -0.462 e. The smallest absolute Gasteiger partial charge is 0.306 e. The normalized spacial score (nSPS) is 12.3. The number of allylic oxidation sites excluding steroid dienone is 6. The monoisotopic (exact) mass is 815 g/mol. The number of carbonyl (C=O) groups is 3. The molecule has 0 rings (SSSR count).